The van der Waals surface area contributed by atoms with Gasteiger partial charge in [-0.05, 0) is 18.2 Å². The number of nitrogen functional groups attached to an aromatic ring is 1. The van der Waals surface area contributed by atoms with E-state index in [1.54, 1.807) is 18.2 Å². The van der Waals surface area contributed by atoms with Crippen LogP contribution in [0.5, 0.6) is 0 Å². The number of amides is 1. The van der Waals surface area contributed by atoms with E-state index in [0.29, 0.717) is 17.3 Å². The number of carbonyl (C=O) groups excluding carboxylic acids is 1. The van der Waals surface area contributed by atoms with Crippen molar-refractivity contribution in [3.63, 3.8) is 0 Å². The van der Waals surface area contributed by atoms with Gasteiger partial charge in [0.15, 0.2) is 0 Å². The van der Waals surface area contributed by atoms with Crippen LogP contribution in [0, 0.1) is 0 Å². The normalized spacial score (nSPS) is 9.95. The van der Waals surface area contributed by atoms with Crippen LogP contribution in [-0.2, 0) is 4.79 Å². The second-order valence-electron chi connectivity index (χ2n) is 3.80. The zero-order valence-electron chi connectivity index (χ0n) is 10.1. The molecule has 0 radical (unpaired) electrons. The van der Waals surface area contributed by atoms with Gasteiger partial charge in [-0.1, -0.05) is 6.07 Å². The first-order valence-electron chi connectivity index (χ1n) is 5.62. The Bertz CT molecular complexity index is 569. The molecule has 7 heteroatoms. The Kier molecular flexibility index (Phi) is 3.89. The second-order valence-corrected chi connectivity index (χ2v) is 3.80. The minimum absolute atomic E-state index is 0.0568. The number of rotatable bonds is 4. The molecular weight excluding hydrogens is 244 g/mol. The highest BCUT2D eigenvalue weighted by Gasteiger charge is 2.01. The van der Waals surface area contributed by atoms with Crippen molar-refractivity contribution < 1.29 is 4.79 Å². The van der Waals surface area contributed by atoms with Crippen LogP contribution in [0.3, 0.4) is 0 Å². The third-order valence-corrected chi connectivity index (χ3v) is 2.26. The van der Waals surface area contributed by atoms with Gasteiger partial charge in [0, 0.05) is 11.4 Å². The zero-order chi connectivity index (χ0) is 13.7. The first-order chi connectivity index (χ1) is 9.17. The Balaban J connectivity index is 2.10. The lowest BCUT2D eigenvalue weighted by molar-refractivity contribution is -0.114. The molecule has 98 valence electrons. The highest BCUT2D eigenvalue weighted by Crippen LogP contribution is 2.17. The largest absolute Gasteiger partial charge is 0.396 e. The maximum atomic E-state index is 11.2. The Morgan fingerprint density at radius 2 is 1.89 bits per heavy atom. The lowest BCUT2D eigenvalue weighted by atomic mass is 10.2. The predicted octanol–water partition coefficient (Wildman–Crippen LogP) is 0.700. The number of hydrogen-bond donors (Lipinski definition) is 4. The molecule has 0 aliphatic carbocycles. The molecule has 1 amide bonds. The van der Waals surface area contributed by atoms with E-state index in [4.69, 9.17) is 11.5 Å². The third-order valence-electron chi connectivity index (χ3n) is 2.26. The maximum Gasteiger partial charge on any atom is 0.238 e. The quantitative estimate of drug-likeness (QED) is 0.641. The summed E-state index contributed by atoms with van der Waals surface area (Å²) in [6.45, 7) is -0.0568. The van der Waals surface area contributed by atoms with Crippen LogP contribution in [-0.4, -0.2) is 22.4 Å². The fourth-order valence-electron chi connectivity index (χ4n) is 1.42. The van der Waals surface area contributed by atoms with Gasteiger partial charge in [0.1, 0.15) is 0 Å². The number of anilines is 4. The SMILES string of the molecule is NCC(=O)Nc1cccc(Nc2ncc(N)cn2)c1. The van der Waals surface area contributed by atoms with Gasteiger partial charge in [0.05, 0.1) is 24.6 Å². The van der Waals surface area contributed by atoms with Gasteiger partial charge >= 0.3 is 0 Å². The van der Waals surface area contributed by atoms with E-state index in [2.05, 4.69) is 20.6 Å². The molecule has 0 fully saturated rings. The summed E-state index contributed by atoms with van der Waals surface area (Å²) in [7, 11) is 0. The molecule has 0 bridgehead atoms. The van der Waals surface area contributed by atoms with Crippen molar-refractivity contribution in [1.82, 2.24) is 9.97 Å². The van der Waals surface area contributed by atoms with Gasteiger partial charge in [-0.25, -0.2) is 9.97 Å². The molecule has 0 atom stereocenters. The molecule has 0 saturated heterocycles. The molecule has 1 heterocycles. The average molecular weight is 258 g/mol. The van der Waals surface area contributed by atoms with E-state index < -0.39 is 0 Å². The number of nitrogens with two attached hydrogens (primary N) is 2. The van der Waals surface area contributed by atoms with Gasteiger partial charge < -0.3 is 22.1 Å². The van der Waals surface area contributed by atoms with Crippen molar-refractivity contribution >= 4 is 28.9 Å². The summed E-state index contributed by atoms with van der Waals surface area (Å²) in [5.41, 5.74) is 12.6. The molecule has 0 unspecified atom stereocenters. The molecular formula is C12H14N6O. The average Bonchev–Trinajstić information content (AvgIpc) is 2.42. The van der Waals surface area contributed by atoms with Crippen LogP contribution in [0.15, 0.2) is 36.7 Å². The summed E-state index contributed by atoms with van der Waals surface area (Å²) in [6, 6.07) is 7.15. The Hall–Kier alpha value is -2.67. The minimum atomic E-state index is -0.249. The van der Waals surface area contributed by atoms with E-state index in [1.807, 2.05) is 6.07 Å². The topological polar surface area (TPSA) is 119 Å². The van der Waals surface area contributed by atoms with Gasteiger partial charge in [-0.15, -0.1) is 0 Å². The molecule has 0 aliphatic heterocycles. The molecule has 1 aromatic heterocycles. The molecule has 0 aliphatic rings. The predicted molar refractivity (Wildman–Crippen MR) is 73.9 cm³/mol. The first kappa shape index (κ1) is 12.8. The van der Waals surface area contributed by atoms with Crippen LogP contribution in [0.4, 0.5) is 23.0 Å². The summed E-state index contributed by atoms with van der Waals surface area (Å²) in [5.74, 6) is 0.178. The second kappa shape index (κ2) is 5.78. The monoisotopic (exact) mass is 258 g/mol. The van der Waals surface area contributed by atoms with Crippen molar-refractivity contribution in [3.05, 3.63) is 36.7 Å². The Morgan fingerprint density at radius 3 is 2.58 bits per heavy atom. The number of aromatic nitrogens is 2. The zero-order valence-corrected chi connectivity index (χ0v) is 10.1. The van der Waals surface area contributed by atoms with Crippen LogP contribution < -0.4 is 22.1 Å². The van der Waals surface area contributed by atoms with Gasteiger partial charge in [-0.3, -0.25) is 4.79 Å². The van der Waals surface area contributed by atoms with Crippen LogP contribution >= 0.6 is 0 Å². The molecule has 0 spiro atoms. The molecule has 19 heavy (non-hydrogen) atoms. The van der Waals surface area contributed by atoms with Crippen molar-refractivity contribution in [2.75, 3.05) is 22.9 Å². The van der Waals surface area contributed by atoms with Crippen LogP contribution in [0.1, 0.15) is 0 Å². The van der Waals surface area contributed by atoms with Crippen molar-refractivity contribution in [3.8, 4) is 0 Å². The summed E-state index contributed by atoms with van der Waals surface area (Å²) in [5, 5.41) is 5.66. The van der Waals surface area contributed by atoms with E-state index >= 15 is 0 Å². The highest BCUT2D eigenvalue weighted by atomic mass is 16.1. The van der Waals surface area contributed by atoms with Crippen LogP contribution in [0.25, 0.3) is 0 Å². The maximum absolute atomic E-state index is 11.2. The smallest absolute Gasteiger partial charge is 0.238 e. The van der Waals surface area contributed by atoms with Gasteiger partial charge in [0.2, 0.25) is 11.9 Å². The third kappa shape index (κ3) is 3.65. The highest BCUT2D eigenvalue weighted by molar-refractivity contribution is 5.92. The molecule has 2 aromatic rings. The van der Waals surface area contributed by atoms with E-state index in [0.717, 1.165) is 5.69 Å². The number of hydrogen-bond acceptors (Lipinski definition) is 6. The van der Waals surface area contributed by atoms with E-state index in [1.165, 1.54) is 12.4 Å². The van der Waals surface area contributed by atoms with Crippen molar-refractivity contribution in [1.29, 1.82) is 0 Å². The number of benzene rings is 1. The molecule has 2 rings (SSSR count). The van der Waals surface area contributed by atoms with Crippen LogP contribution in [0.2, 0.25) is 0 Å². The fourth-order valence-corrected chi connectivity index (χ4v) is 1.42. The standard InChI is InChI=1S/C12H14N6O/c13-5-11(19)17-9-2-1-3-10(4-9)18-12-15-6-8(14)7-16-12/h1-4,6-7H,5,13-14H2,(H,17,19)(H,15,16,18). The molecule has 0 saturated carbocycles. The lowest BCUT2D eigenvalue weighted by Crippen LogP contribution is -2.21. The summed E-state index contributed by atoms with van der Waals surface area (Å²) >= 11 is 0. The summed E-state index contributed by atoms with van der Waals surface area (Å²) < 4.78 is 0. The first-order valence-corrected chi connectivity index (χ1v) is 5.62. The van der Waals surface area contributed by atoms with E-state index in [-0.39, 0.29) is 12.5 Å². The number of carbonyl (C=O) groups is 1. The Morgan fingerprint density at radius 1 is 1.21 bits per heavy atom. The van der Waals surface area contributed by atoms with E-state index in [9.17, 15) is 4.79 Å². The summed E-state index contributed by atoms with van der Waals surface area (Å²) in [4.78, 5) is 19.2. The number of nitrogens with one attached hydrogen (secondary N) is 2. The summed E-state index contributed by atoms with van der Waals surface area (Å²) in [6.07, 6.45) is 3.02. The fraction of sp³-hybridized carbons (Fsp3) is 0.0833. The van der Waals surface area contributed by atoms with Crippen molar-refractivity contribution in [2.45, 2.75) is 0 Å². The molecule has 6 N–H and O–H groups in total. The number of nitrogens with zero attached hydrogens (tertiary/aromatic N) is 2. The molecule has 1 aromatic carbocycles. The van der Waals surface area contributed by atoms with Gasteiger partial charge in [-0.2, -0.15) is 0 Å². The van der Waals surface area contributed by atoms with Gasteiger partial charge in [0.25, 0.3) is 0 Å². The lowest BCUT2D eigenvalue weighted by Gasteiger charge is -2.08. The molecule has 7 nitrogen and oxygen atoms in total. The Labute approximate surface area is 110 Å². The minimum Gasteiger partial charge on any atom is -0.396 e. The van der Waals surface area contributed by atoms with Crippen molar-refractivity contribution in [2.24, 2.45) is 5.73 Å².